The van der Waals surface area contributed by atoms with Crippen LogP contribution in [0.25, 0.3) is 0 Å². The molecule has 2 bridgehead atoms. The number of alkyl halides is 1. The number of carbonyl (C=O) groups excluding carboxylic acids is 2. The Kier molecular flexibility index (Phi) is 3.53. The molecule has 7 atom stereocenters. The molecule has 0 saturated heterocycles. The van der Waals surface area contributed by atoms with E-state index >= 15 is 4.39 Å². The van der Waals surface area contributed by atoms with E-state index in [1.54, 1.807) is 0 Å². The van der Waals surface area contributed by atoms with Gasteiger partial charge in [-0.1, -0.05) is 12.5 Å². The summed E-state index contributed by atoms with van der Waals surface area (Å²) in [5, 5.41) is 20.8. The molecule has 0 aromatic rings. The molecular weight excluding hydrogens is 347 g/mol. The molecule has 0 amide bonds. The minimum absolute atomic E-state index is 0.00440. The van der Waals surface area contributed by atoms with Gasteiger partial charge in [0.2, 0.25) is 0 Å². The van der Waals surface area contributed by atoms with Crippen LogP contribution >= 0.6 is 0 Å². The van der Waals surface area contributed by atoms with Gasteiger partial charge in [0.15, 0.2) is 11.6 Å². The predicted octanol–water partition coefficient (Wildman–Crippen LogP) is 2.90. The van der Waals surface area contributed by atoms with Crippen LogP contribution in [-0.2, 0) is 9.59 Å². The van der Waals surface area contributed by atoms with Gasteiger partial charge in [-0.3, -0.25) is 9.59 Å². The van der Waals surface area contributed by atoms with Crippen LogP contribution < -0.4 is 0 Å². The zero-order valence-electron chi connectivity index (χ0n) is 16.0. The topological polar surface area (TPSA) is 74.6 Å². The van der Waals surface area contributed by atoms with Crippen LogP contribution in [-0.4, -0.2) is 40.2 Å². The quantitative estimate of drug-likeness (QED) is 0.777. The molecule has 2 N–H and O–H groups in total. The highest BCUT2D eigenvalue weighted by Crippen LogP contribution is 2.79. The van der Waals surface area contributed by atoms with Crippen LogP contribution in [0.1, 0.15) is 64.7 Å². The van der Waals surface area contributed by atoms with Gasteiger partial charge in [0.25, 0.3) is 0 Å². The summed E-state index contributed by atoms with van der Waals surface area (Å²) in [5.41, 5.74) is -1.74. The van der Waals surface area contributed by atoms with Crippen LogP contribution in [0.2, 0.25) is 0 Å². The van der Waals surface area contributed by atoms with Gasteiger partial charge in [0.05, 0.1) is 0 Å². The molecule has 1 spiro atoms. The number of aliphatic hydroxyl groups excluding tert-OH is 1. The highest BCUT2D eigenvalue weighted by atomic mass is 19.1. The second kappa shape index (κ2) is 5.29. The van der Waals surface area contributed by atoms with E-state index in [-0.39, 0.29) is 29.5 Å². The van der Waals surface area contributed by atoms with E-state index in [9.17, 15) is 19.8 Å². The fraction of sp³-hybridized carbons (Fsp3) is 0.818. The summed E-state index contributed by atoms with van der Waals surface area (Å²) >= 11 is 0. The first-order valence-corrected chi connectivity index (χ1v) is 10.5. The van der Waals surface area contributed by atoms with Gasteiger partial charge in [-0.25, -0.2) is 4.39 Å². The van der Waals surface area contributed by atoms with E-state index in [0.29, 0.717) is 32.1 Å². The summed E-state index contributed by atoms with van der Waals surface area (Å²) in [5.74, 6) is -0.176. The fourth-order valence-electron chi connectivity index (χ4n) is 8.65. The van der Waals surface area contributed by atoms with E-state index in [1.165, 1.54) is 5.57 Å². The number of Topliss-reactive ketones (excluding diaryl/α,β-unsaturated/α-hetero) is 1. The number of hydrogen-bond acceptors (Lipinski definition) is 4. The average Bonchev–Trinajstić information content (AvgIpc) is 3.02. The predicted molar refractivity (Wildman–Crippen MR) is 96.5 cm³/mol. The maximum atomic E-state index is 15.9. The molecule has 0 aromatic heterocycles. The Morgan fingerprint density at radius 3 is 2.67 bits per heavy atom. The van der Waals surface area contributed by atoms with Crippen molar-refractivity contribution < 1.29 is 24.2 Å². The number of aliphatic hydroxyl groups is 2. The standard InChI is InChI=1S/C22H29FO4/c1-19-6-3-14(25)10-13(19)2-8-21-15(19)4-7-20(11-17(21)23)16(21)5-9-22(20,27)18(26)12-24/h10,15-17,24,27H,2-9,11-12H2,1H3/t15?,16?,17?,19-,20+,21-,22-/m0/s1. The Bertz CT molecular complexity index is 761. The SMILES string of the molecule is C[C@]12CCC(=O)C=C1CC[C@]13C(F)C[C@]4(CCC12)C3CC[C@]4(O)C(=O)CO. The van der Waals surface area contributed by atoms with Crippen molar-refractivity contribution in [2.24, 2.45) is 28.1 Å². The van der Waals surface area contributed by atoms with E-state index in [0.717, 1.165) is 19.3 Å². The lowest BCUT2D eigenvalue weighted by molar-refractivity contribution is -0.166. The van der Waals surface area contributed by atoms with Crippen molar-refractivity contribution >= 4 is 11.6 Å². The molecule has 5 aliphatic carbocycles. The van der Waals surface area contributed by atoms with Crippen LogP contribution in [0.3, 0.4) is 0 Å². The van der Waals surface area contributed by atoms with E-state index < -0.39 is 35.0 Å². The normalized spacial score (nSPS) is 53.4. The molecule has 0 heterocycles. The number of hydrogen-bond donors (Lipinski definition) is 2. The van der Waals surface area contributed by atoms with Gasteiger partial charge >= 0.3 is 0 Å². The number of rotatable bonds is 2. The third-order valence-electron chi connectivity index (χ3n) is 9.75. The van der Waals surface area contributed by atoms with Crippen molar-refractivity contribution in [3.05, 3.63) is 11.6 Å². The molecule has 5 aliphatic rings. The number of carbonyl (C=O) groups is 2. The average molecular weight is 376 g/mol. The Morgan fingerprint density at radius 2 is 1.93 bits per heavy atom. The molecular formula is C22H29FO4. The maximum absolute atomic E-state index is 15.9. The number of halogens is 1. The Balaban J connectivity index is 1.62. The lowest BCUT2D eigenvalue weighted by Crippen LogP contribution is -2.59. The first kappa shape index (κ1) is 18.0. The fourth-order valence-corrected chi connectivity index (χ4v) is 8.65. The molecule has 3 unspecified atom stereocenters. The summed E-state index contributed by atoms with van der Waals surface area (Å²) in [7, 11) is 0. The Morgan fingerprint density at radius 1 is 1.19 bits per heavy atom. The van der Waals surface area contributed by atoms with Crippen LogP contribution in [0.15, 0.2) is 11.6 Å². The summed E-state index contributed by atoms with van der Waals surface area (Å²) in [4.78, 5) is 24.5. The molecule has 0 aromatic carbocycles. The van der Waals surface area contributed by atoms with E-state index in [2.05, 4.69) is 6.92 Å². The molecule has 4 saturated carbocycles. The minimum atomic E-state index is -1.58. The first-order valence-electron chi connectivity index (χ1n) is 10.5. The molecule has 0 aliphatic heterocycles. The van der Waals surface area contributed by atoms with Crippen molar-refractivity contribution in [1.29, 1.82) is 0 Å². The molecule has 5 heteroatoms. The van der Waals surface area contributed by atoms with Crippen LogP contribution in [0.4, 0.5) is 4.39 Å². The molecule has 27 heavy (non-hydrogen) atoms. The molecule has 4 fully saturated rings. The Labute approximate surface area is 159 Å². The second-order valence-electron chi connectivity index (χ2n) is 10.1. The number of allylic oxidation sites excluding steroid dienone is 1. The molecule has 148 valence electrons. The lowest BCUT2D eigenvalue weighted by atomic mass is 9.43. The summed E-state index contributed by atoms with van der Waals surface area (Å²) in [6, 6.07) is 0. The highest BCUT2D eigenvalue weighted by molar-refractivity contribution is 5.92. The molecule has 5 rings (SSSR count). The monoisotopic (exact) mass is 376 g/mol. The van der Waals surface area contributed by atoms with Crippen LogP contribution in [0, 0.1) is 28.1 Å². The van der Waals surface area contributed by atoms with Gasteiger partial charge < -0.3 is 10.2 Å². The molecule has 4 nitrogen and oxygen atoms in total. The summed E-state index contributed by atoms with van der Waals surface area (Å²) in [6.07, 6.45) is 6.26. The van der Waals surface area contributed by atoms with Gasteiger partial charge in [-0.2, -0.15) is 0 Å². The third kappa shape index (κ3) is 1.82. The van der Waals surface area contributed by atoms with Gasteiger partial charge in [-0.15, -0.1) is 0 Å². The second-order valence-corrected chi connectivity index (χ2v) is 10.1. The van der Waals surface area contributed by atoms with Crippen LogP contribution in [0.5, 0.6) is 0 Å². The smallest absolute Gasteiger partial charge is 0.190 e. The molecule has 0 radical (unpaired) electrons. The van der Waals surface area contributed by atoms with Crippen molar-refractivity contribution in [2.45, 2.75) is 76.5 Å². The van der Waals surface area contributed by atoms with E-state index in [4.69, 9.17) is 0 Å². The highest BCUT2D eigenvalue weighted by Gasteiger charge is 2.78. The summed E-state index contributed by atoms with van der Waals surface area (Å²) < 4.78 is 15.9. The van der Waals surface area contributed by atoms with Crippen molar-refractivity contribution in [1.82, 2.24) is 0 Å². The third-order valence-corrected chi connectivity index (χ3v) is 9.75. The Hall–Kier alpha value is -1.07. The van der Waals surface area contributed by atoms with Crippen molar-refractivity contribution in [3.63, 3.8) is 0 Å². The minimum Gasteiger partial charge on any atom is -0.388 e. The largest absolute Gasteiger partial charge is 0.388 e. The summed E-state index contributed by atoms with van der Waals surface area (Å²) in [6.45, 7) is 1.54. The van der Waals surface area contributed by atoms with Gasteiger partial charge in [-0.05, 0) is 74.7 Å². The first-order chi connectivity index (χ1) is 12.7. The number of ketones is 2. The lowest BCUT2D eigenvalue weighted by Gasteiger charge is -2.61. The van der Waals surface area contributed by atoms with E-state index in [1.807, 2.05) is 6.08 Å². The zero-order valence-corrected chi connectivity index (χ0v) is 16.0. The van der Waals surface area contributed by atoms with Gasteiger partial charge in [0, 0.05) is 17.3 Å². The maximum Gasteiger partial charge on any atom is 0.190 e. The zero-order chi connectivity index (χ0) is 19.2. The van der Waals surface area contributed by atoms with Gasteiger partial charge in [0.1, 0.15) is 18.4 Å². The number of fused-ring (bicyclic) bond motifs is 2. The van der Waals surface area contributed by atoms with Crippen molar-refractivity contribution in [3.8, 4) is 0 Å². The van der Waals surface area contributed by atoms with Crippen molar-refractivity contribution in [2.75, 3.05) is 6.61 Å².